The van der Waals surface area contributed by atoms with Crippen LogP contribution < -0.4 is 5.32 Å². The Hall–Kier alpha value is -1.71. The van der Waals surface area contributed by atoms with Gasteiger partial charge in [-0.2, -0.15) is 0 Å². The number of nitrogens with one attached hydrogen (secondary N) is 1. The molecule has 0 aliphatic carbocycles. The minimum Gasteiger partial charge on any atom is -0.300 e. The second kappa shape index (κ2) is 7.50. The number of benzene rings is 1. The lowest BCUT2D eigenvalue weighted by molar-refractivity contribution is -0.124. The van der Waals surface area contributed by atoms with Crippen LogP contribution >= 0.6 is 38.6 Å². The first-order valence-corrected chi connectivity index (χ1v) is 10.0. The maximum absolute atomic E-state index is 13.8. The fourth-order valence-corrected chi connectivity index (χ4v) is 4.96. The number of anilines is 1. The molecule has 3 aromatic rings. The number of carbonyl (C=O) groups is 1. The minimum atomic E-state index is -1.00. The Morgan fingerprint density at radius 1 is 1.23 bits per heavy atom. The number of amides is 1. The first-order valence-electron chi connectivity index (χ1n) is 7.56. The second-order valence-corrected chi connectivity index (χ2v) is 9.53. The molecule has 0 aliphatic rings. The average molecular weight is 458 g/mol. The SMILES string of the molecule is CC(C)(C(=O)Nc1nncs1)C(c1cc(F)cc(F)c1)c1ccc(Br)s1. The molecule has 2 aromatic heterocycles. The lowest BCUT2D eigenvalue weighted by atomic mass is 9.73. The maximum atomic E-state index is 13.8. The van der Waals surface area contributed by atoms with E-state index in [4.69, 9.17) is 0 Å². The molecule has 1 unspecified atom stereocenters. The van der Waals surface area contributed by atoms with Gasteiger partial charge in [-0.3, -0.25) is 4.79 Å². The van der Waals surface area contributed by atoms with Crippen molar-refractivity contribution in [2.45, 2.75) is 19.8 Å². The van der Waals surface area contributed by atoms with Crippen molar-refractivity contribution in [1.82, 2.24) is 10.2 Å². The van der Waals surface area contributed by atoms with E-state index in [1.807, 2.05) is 12.1 Å². The molecule has 0 fully saturated rings. The quantitative estimate of drug-likeness (QED) is 0.554. The van der Waals surface area contributed by atoms with Crippen LogP contribution in [0.1, 0.15) is 30.2 Å². The molecule has 1 atom stereocenters. The number of hydrogen-bond acceptors (Lipinski definition) is 5. The highest BCUT2D eigenvalue weighted by atomic mass is 79.9. The molecule has 4 nitrogen and oxygen atoms in total. The fraction of sp³-hybridized carbons (Fsp3) is 0.235. The summed E-state index contributed by atoms with van der Waals surface area (Å²) in [4.78, 5) is 13.7. The van der Waals surface area contributed by atoms with Gasteiger partial charge >= 0.3 is 0 Å². The summed E-state index contributed by atoms with van der Waals surface area (Å²) >= 11 is 6.03. The highest BCUT2D eigenvalue weighted by molar-refractivity contribution is 9.11. The molecule has 1 amide bonds. The van der Waals surface area contributed by atoms with Crippen molar-refractivity contribution in [2.75, 3.05) is 5.32 Å². The number of halogens is 3. The minimum absolute atomic E-state index is 0.312. The number of aromatic nitrogens is 2. The van der Waals surface area contributed by atoms with Gasteiger partial charge in [0.25, 0.3) is 0 Å². The zero-order chi connectivity index (χ0) is 18.9. The number of nitrogens with zero attached hydrogens (tertiary/aromatic N) is 2. The van der Waals surface area contributed by atoms with Gasteiger partial charge in [-0.25, -0.2) is 8.78 Å². The smallest absolute Gasteiger partial charge is 0.232 e. The monoisotopic (exact) mass is 457 g/mol. The molecule has 2 heterocycles. The third kappa shape index (κ3) is 3.99. The first kappa shape index (κ1) is 19.1. The topological polar surface area (TPSA) is 54.9 Å². The van der Waals surface area contributed by atoms with E-state index in [0.29, 0.717) is 10.7 Å². The van der Waals surface area contributed by atoms with E-state index in [1.165, 1.54) is 40.3 Å². The molecule has 26 heavy (non-hydrogen) atoms. The van der Waals surface area contributed by atoms with Crippen LogP contribution in [0.5, 0.6) is 0 Å². The lowest BCUT2D eigenvalue weighted by Gasteiger charge is -2.32. The molecule has 0 bridgehead atoms. The fourth-order valence-electron chi connectivity index (χ4n) is 2.78. The zero-order valence-electron chi connectivity index (χ0n) is 13.8. The average Bonchev–Trinajstić information content (AvgIpc) is 3.18. The van der Waals surface area contributed by atoms with Crippen LogP contribution in [-0.2, 0) is 4.79 Å². The maximum Gasteiger partial charge on any atom is 0.232 e. The van der Waals surface area contributed by atoms with Gasteiger partial charge in [-0.05, 0) is 45.8 Å². The summed E-state index contributed by atoms with van der Waals surface area (Å²) in [6.07, 6.45) is 0. The van der Waals surface area contributed by atoms with Crippen LogP contribution in [0, 0.1) is 17.0 Å². The van der Waals surface area contributed by atoms with Crippen molar-refractivity contribution in [3.05, 3.63) is 61.7 Å². The first-order chi connectivity index (χ1) is 12.3. The van der Waals surface area contributed by atoms with Gasteiger partial charge in [-0.15, -0.1) is 21.5 Å². The van der Waals surface area contributed by atoms with E-state index in [1.54, 1.807) is 13.8 Å². The number of rotatable bonds is 5. The Balaban J connectivity index is 2.05. The molecular formula is C17H14BrF2N3OS2. The van der Waals surface area contributed by atoms with E-state index in [9.17, 15) is 13.6 Å². The summed E-state index contributed by atoms with van der Waals surface area (Å²) in [6.45, 7) is 3.48. The highest BCUT2D eigenvalue weighted by Crippen LogP contribution is 2.45. The van der Waals surface area contributed by atoms with Crippen LogP contribution in [0.15, 0.2) is 39.6 Å². The van der Waals surface area contributed by atoms with Gasteiger partial charge in [0, 0.05) is 16.9 Å². The van der Waals surface area contributed by atoms with E-state index >= 15 is 0 Å². The summed E-state index contributed by atoms with van der Waals surface area (Å²) in [5, 5.41) is 10.6. The molecule has 0 saturated heterocycles. The van der Waals surface area contributed by atoms with Crippen molar-refractivity contribution in [1.29, 1.82) is 0 Å². The van der Waals surface area contributed by atoms with Crippen LogP contribution in [-0.4, -0.2) is 16.1 Å². The molecule has 1 N–H and O–H groups in total. The Morgan fingerprint density at radius 2 is 1.92 bits per heavy atom. The standard InChI is InChI=1S/C17H14BrF2N3OS2/c1-17(2,15(24)22-16-23-21-8-25-16)14(12-3-4-13(18)26-12)9-5-10(19)7-11(20)6-9/h3-8,14H,1-2H3,(H,22,23,24). The molecular weight excluding hydrogens is 444 g/mol. The van der Waals surface area contributed by atoms with Crippen molar-refractivity contribution in [3.8, 4) is 0 Å². The predicted octanol–water partition coefficient (Wildman–Crippen LogP) is 5.44. The molecule has 0 radical (unpaired) electrons. The van der Waals surface area contributed by atoms with Crippen molar-refractivity contribution in [2.24, 2.45) is 5.41 Å². The van der Waals surface area contributed by atoms with Gasteiger partial charge in [0.2, 0.25) is 11.0 Å². The summed E-state index contributed by atoms with van der Waals surface area (Å²) in [6, 6.07) is 7.05. The molecule has 0 saturated carbocycles. The second-order valence-electron chi connectivity index (χ2n) is 6.20. The number of carbonyl (C=O) groups excluding carboxylic acids is 1. The number of thiophene rings is 1. The zero-order valence-corrected chi connectivity index (χ0v) is 17.0. The summed E-state index contributed by atoms with van der Waals surface area (Å²) in [5.74, 6) is -2.22. The largest absolute Gasteiger partial charge is 0.300 e. The van der Waals surface area contributed by atoms with Crippen molar-refractivity contribution >= 4 is 49.6 Å². The Labute approximate surface area is 165 Å². The summed E-state index contributed by atoms with van der Waals surface area (Å²) in [7, 11) is 0. The third-order valence-corrected chi connectivity index (χ3v) is 6.28. The molecule has 1 aromatic carbocycles. The van der Waals surface area contributed by atoms with Crippen molar-refractivity contribution in [3.63, 3.8) is 0 Å². The molecule has 0 spiro atoms. The van der Waals surface area contributed by atoms with Crippen LogP contribution in [0.3, 0.4) is 0 Å². The van der Waals surface area contributed by atoms with E-state index in [-0.39, 0.29) is 5.91 Å². The molecule has 136 valence electrons. The van der Waals surface area contributed by atoms with Crippen molar-refractivity contribution < 1.29 is 13.6 Å². The number of hydrogen-bond donors (Lipinski definition) is 1. The van der Waals surface area contributed by atoms with Gasteiger partial charge in [0.05, 0.1) is 9.20 Å². The van der Waals surface area contributed by atoms with Gasteiger partial charge in [0.1, 0.15) is 17.1 Å². The summed E-state index contributed by atoms with van der Waals surface area (Å²) < 4.78 is 28.6. The third-order valence-electron chi connectivity index (χ3n) is 3.98. The molecule has 0 aliphatic heterocycles. The Kier molecular flexibility index (Phi) is 5.50. The van der Waals surface area contributed by atoms with Gasteiger partial charge in [0.15, 0.2) is 0 Å². The van der Waals surface area contributed by atoms with Crippen LogP contribution in [0.4, 0.5) is 13.9 Å². The van der Waals surface area contributed by atoms with E-state index in [2.05, 4.69) is 31.4 Å². The van der Waals surface area contributed by atoms with E-state index in [0.717, 1.165) is 14.7 Å². The Morgan fingerprint density at radius 3 is 2.46 bits per heavy atom. The normalized spacial score (nSPS) is 12.8. The molecule has 9 heteroatoms. The van der Waals surface area contributed by atoms with Gasteiger partial charge in [-0.1, -0.05) is 25.2 Å². The lowest BCUT2D eigenvalue weighted by Crippen LogP contribution is -2.36. The predicted molar refractivity (Wildman–Crippen MR) is 103 cm³/mol. The van der Waals surface area contributed by atoms with E-state index < -0.39 is 23.0 Å². The van der Waals surface area contributed by atoms with Crippen LogP contribution in [0.2, 0.25) is 0 Å². The highest BCUT2D eigenvalue weighted by Gasteiger charge is 2.40. The van der Waals surface area contributed by atoms with Gasteiger partial charge < -0.3 is 5.32 Å². The molecule has 3 rings (SSSR count). The Bertz CT molecular complexity index is 908. The van der Waals surface area contributed by atoms with Crippen LogP contribution in [0.25, 0.3) is 0 Å². The summed E-state index contributed by atoms with van der Waals surface area (Å²) in [5.41, 5.74) is 0.906.